The molecule has 2 rings (SSSR count). The molecule has 2 aromatic rings. The van der Waals surface area contributed by atoms with Crippen molar-refractivity contribution in [3.63, 3.8) is 0 Å². The molecule has 0 saturated carbocycles. The van der Waals surface area contributed by atoms with Crippen LogP contribution in [0.1, 0.15) is 16.1 Å². The monoisotopic (exact) mass is 219 g/mol. The Hall–Kier alpha value is -2.37. The number of fused-ring (bicyclic) bond motifs is 1. The number of pyridine rings is 1. The van der Waals surface area contributed by atoms with E-state index in [0.29, 0.717) is 16.9 Å². The van der Waals surface area contributed by atoms with Crippen LogP contribution in [0.4, 0.5) is 0 Å². The quantitative estimate of drug-likeness (QED) is 0.353. The summed E-state index contributed by atoms with van der Waals surface area (Å²) in [5.41, 5.74) is 1.51. The fourth-order valence-electron chi connectivity index (χ4n) is 1.47. The van der Waals surface area contributed by atoms with Gasteiger partial charge in [0.2, 0.25) is 0 Å². The zero-order valence-electron chi connectivity index (χ0n) is 8.49. The molecule has 6 nitrogen and oxygen atoms in total. The van der Waals surface area contributed by atoms with E-state index in [2.05, 4.69) is 14.9 Å². The third-order valence-electron chi connectivity index (χ3n) is 2.17. The first-order valence-electron chi connectivity index (χ1n) is 4.49. The van der Waals surface area contributed by atoms with Crippen LogP contribution in [0, 0.1) is 0 Å². The van der Waals surface area contributed by atoms with Crippen LogP contribution in [-0.2, 0) is 4.74 Å². The highest BCUT2D eigenvalue weighted by Gasteiger charge is 2.12. The number of carbonyl (C=O) groups is 1. The van der Waals surface area contributed by atoms with E-state index < -0.39 is 5.97 Å². The minimum Gasteiger partial charge on any atom is -0.464 e. The number of oxime groups is 1. The summed E-state index contributed by atoms with van der Waals surface area (Å²) in [6, 6.07) is 3.21. The molecule has 0 unspecified atom stereocenters. The second-order valence-corrected chi connectivity index (χ2v) is 3.03. The maximum absolute atomic E-state index is 11.4. The summed E-state index contributed by atoms with van der Waals surface area (Å²) < 4.78 is 6.22. The molecule has 0 atom stereocenters. The molecule has 1 N–H and O–H groups in total. The average Bonchev–Trinajstić information content (AvgIpc) is 2.78. The van der Waals surface area contributed by atoms with Gasteiger partial charge in [0.1, 0.15) is 11.3 Å². The standard InChI is InChI=1S/C10H9N3O3/c1-16-10(14)8-3-2-7(6-12-15)9-11-4-5-13(8)9/h2-6,15H,1H3/b12-6-. The Balaban J connectivity index is 2.68. The molecule has 6 heteroatoms. The Morgan fingerprint density at radius 1 is 1.62 bits per heavy atom. The molecule has 0 radical (unpaired) electrons. The number of esters is 1. The van der Waals surface area contributed by atoms with Crippen LogP contribution in [0.3, 0.4) is 0 Å². The number of ether oxygens (including phenoxy) is 1. The normalized spacial score (nSPS) is 11.1. The highest BCUT2D eigenvalue weighted by molar-refractivity contribution is 5.92. The Kier molecular flexibility index (Phi) is 2.55. The van der Waals surface area contributed by atoms with Crippen LogP contribution >= 0.6 is 0 Å². The van der Waals surface area contributed by atoms with E-state index in [4.69, 9.17) is 5.21 Å². The molecule has 82 valence electrons. The smallest absolute Gasteiger partial charge is 0.355 e. The molecular formula is C10H9N3O3. The lowest BCUT2D eigenvalue weighted by atomic mass is 10.2. The van der Waals surface area contributed by atoms with Crippen molar-refractivity contribution in [1.29, 1.82) is 0 Å². The van der Waals surface area contributed by atoms with Crippen molar-refractivity contribution in [1.82, 2.24) is 9.38 Å². The Morgan fingerprint density at radius 3 is 3.12 bits per heavy atom. The minimum absolute atomic E-state index is 0.366. The summed E-state index contributed by atoms with van der Waals surface area (Å²) in [6.07, 6.45) is 4.44. The van der Waals surface area contributed by atoms with Gasteiger partial charge in [0.15, 0.2) is 0 Å². The number of nitrogens with zero attached hydrogens (tertiary/aromatic N) is 3. The molecule has 0 aliphatic carbocycles. The zero-order valence-corrected chi connectivity index (χ0v) is 8.49. The minimum atomic E-state index is -0.449. The molecular weight excluding hydrogens is 210 g/mol. The summed E-state index contributed by atoms with van der Waals surface area (Å²) in [4.78, 5) is 15.5. The number of imidazole rings is 1. The van der Waals surface area contributed by atoms with Crippen LogP contribution < -0.4 is 0 Å². The molecule has 0 aliphatic rings. The molecule has 0 saturated heterocycles. The predicted octanol–water partition coefficient (Wildman–Crippen LogP) is 0.929. The highest BCUT2D eigenvalue weighted by Crippen LogP contribution is 2.11. The lowest BCUT2D eigenvalue weighted by Crippen LogP contribution is -2.08. The van der Waals surface area contributed by atoms with Gasteiger partial charge in [-0.25, -0.2) is 9.78 Å². The van der Waals surface area contributed by atoms with Gasteiger partial charge in [0.25, 0.3) is 0 Å². The van der Waals surface area contributed by atoms with Crippen LogP contribution in [0.15, 0.2) is 29.7 Å². The number of aromatic nitrogens is 2. The van der Waals surface area contributed by atoms with Gasteiger partial charge in [-0.05, 0) is 12.1 Å². The van der Waals surface area contributed by atoms with Crippen molar-refractivity contribution in [2.75, 3.05) is 7.11 Å². The fraction of sp³-hybridized carbons (Fsp3) is 0.100. The second kappa shape index (κ2) is 4.01. The molecule has 0 amide bonds. The third-order valence-corrected chi connectivity index (χ3v) is 2.17. The SMILES string of the molecule is COC(=O)c1ccc(/C=N\O)c2nccn12. The lowest BCUT2D eigenvalue weighted by Gasteiger charge is -2.04. The molecule has 0 fully saturated rings. The van der Waals surface area contributed by atoms with Gasteiger partial charge in [-0.3, -0.25) is 4.40 Å². The zero-order chi connectivity index (χ0) is 11.5. The highest BCUT2D eigenvalue weighted by atomic mass is 16.5. The van der Waals surface area contributed by atoms with Gasteiger partial charge in [-0.15, -0.1) is 0 Å². The summed E-state index contributed by atoms with van der Waals surface area (Å²) in [7, 11) is 1.31. The van der Waals surface area contributed by atoms with Crippen LogP contribution in [0.2, 0.25) is 0 Å². The summed E-state index contributed by atoms with van der Waals surface area (Å²) >= 11 is 0. The number of hydrogen-bond acceptors (Lipinski definition) is 5. The Bertz CT molecular complexity index is 559. The summed E-state index contributed by atoms with van der Waals surface area (Å²) in [5, 5.41) is 11.4. The van der Waals surface area contributed by atoms with Crippen molar-refractivity contribution in [3.8, 4) is 0 Å². The molecule has 0 bridgehead atoms. The van der Waals surface area contributed by atoms with Crippen molar-refractivity contribution in [2.24, 2.45) is 5.16 Å². The van der Waals surface area contributed by atoms with Crippen molar-refractivity contribution >= 4 is 17.8 Å². The van der Waals surface area contributed by atoms with Crippen molar-refractivity contribution < 1.29 is 14.7 Å². The molecule has 0 aromatic carbocycles. The van der Waals surface area contributed by atoms with Crippen molar-refractivity contribution in [3.05, 3.63) is 35.8 Å². The lowest BCUT2D eigenvalue weighted by molar-refractivity contribution is 0.0592. The van der Waals surface area contributed by atoms with E-state index in [1.807, 2.05) is 0 Å². The van der Waals surface area contributed by atoms with Crippen LogP contribution in [0.5, 0.6) is 0 Å². The Labute approximate surface area is 90.8 Å². The first kappa shape index (κ1) is 10.2. The third kappa shape index (κ3) is 1.50. The number of rotatable bonds is 2. The topological polar surface area (TPSA) is 76.2 Å². The van der Waals surface area contributed by atoms with Crippen LogP contribution in [-0.4, -0.2) is 33.9 Å². The van der Waals surface area contributed by atoms with Gasteiger partial charge < -0.3 is 9.94 Å². The molecule has 2 heterocycles. The first-order chi connectivity index (χ1) is 7.77. The maximum atomic E-state index is 11.4. The average molecular weight is 219 g/mol. The van der Waals surface area contributed by atoms with E-state index >= 15 is 0 Å². The molecule has 0 spiro atoms. The van der Waals surface area contributed by atoms with Crippen LogP contribution in [0.25, 0.3) is 5.65 Å². The summed E-state index contributed by atoms with van der Waals surface area (Å²) in [5.74, 6) is -0.449. The molecule has 16 heavy (non-hydrogen) atoms. The number of hydrogen-bond donors (Lipinski definition) is 1. The van der Waals surface area contributed by atoms with E-state index in [-0.39, 0.29) is 0 Å². The largest absolute Gasteiger partial charge is 0.464 e. The summed E-state index contributed by atoms with van der Waals surface area (Å²) in [6.45, 7) is 0. The van der Waals surface area contributed by atoms with Gasteiger partial charge in [0.05, 0.1) is 13.3 Å². The van der Waals surface area contributed by atoms with E-state index in [9.17, 15) is 4.79 Å². The van der Waals surface area contributed by atoms with Gasteiger partial charge in [0, 0.05) is 18.0 Å². The first-order valence-corrected chi connectivity index (χ1v) is 4.49. The Morgan fingerprint density at radius 2 is 2.44 bits per heavy atom. The van der Waals surface area contributed by atoms with Gasteiger partial charge >= 0.3 is 5.97 Å². The van der Waals surface area contributed by atoms with E-state index in [0.717, 1.165) is 0 Å². The maximum Gasteiger partial charge on any atom is 0.355 e. The number of carbonyl (C=O) groups excluding carboxylic acids is 1. The van der Waals surface area contributed by atoms with E-state index in [1.54, 1.807) is 28.9 Å². The fourth-order valence-corrected chi connectivity index (χ4v) is 1.47. The van der Waals surface area contributed by atoms with Crippen molar-refractivity contribution in [2.45, 2.75) is 0 Å². The molecule has 2 aromatic heterocycles. The number of methoxy groups -OCH3 is 1. The second-order valence-electron chi connectivity index (χ2n) is 3.03. The van der Waals surface area contributed by atoms with Gasteiger partial charge in [-0.2, -0.15) is 0 Å². The molecule has 0 aliphatic heterocycles. The predicted molar refractivity (Wildman–Crippen MR) is 55.9 cm³/mol. The van der Waals surface area contributed by atoms with E-state index in [1.165, 1.54) is 13.3 Å². The van der Waals surface area contributed by atoms with Gasteiger partial charge in [-0.1, -0.05) is 5.16 Å².